The number of piperidine rings is 1. The first-order valence-corrected chi connectivity index (χ1v) is 12.1. The van der Waals surface area contributed by atoms with E-state index in [0.29, 0.717) is 42.2 Å². The number of rotatable bonds is 6. The van der Waals surface area contributed by atoms with Crippen LogP contribution in [-0.4, -0.2) is 43.0 Å². The number of carbonyl (C=O) groups excluding carboxylic acids is 1. The maximum Gasteiger partial charge on any atom is 0.330 e. The highest BCUT2D eigenvalue weighted by Crippen LogP contribution is 2.28. The maximum atomic E-state index is 13.1. The van der Waals surface area contributed by atoms with E-state index in [0.717, 1.165) is 37.0 Å². The maximum absolute atomic E-state index is 13.1. The van der Waals surface area contributed by atoms with Crippen molar-refractivity contribution in [2.45, 2.75) is 59.4 Å². The number of benzene rings is 1. The number of hydrogen-bond acceptors (Lipinski definition) is 4. The number of aromatic nitrogens is 4. The van der Waals surface area contributed by atoms with E-state index in [1.807, 2.05) is 23.1 Å². The Morgan fingerprint density at radius 3 is 2.48 bits per heavy atom. The van der Waals surface area contributed by atoms with Crippen molar-refractivity contribution in [2.24, 2.45) is 18.9 Å². The van der Waals surface area contributed by atoms with Crippen molar-refractivity contribution in [1.82, 2.24) is 24.0 Å². The largest absolute Gasteiger partial charge is 0.343 e. The Labute approximate surface area is 195 Å². The summed E-state index contributed by atoms with van der Waals surface area (Å²) in [5.41, 5.74) is 3.57. The molecule has 2 aromatic heterocycles. The minimum absolute atomic E-state index is 0.0630. The number of likely N-dealkylation sites (tertiary alicyclic amines) is 1. The Morgan fingerprint density at radius 1 is 1.12 bits per heavy atom. The van der Waals surface area contributed by atoms with Gasteiger partial charge in [0.1, 0.15) is 5.52 Å². The van der Waals surface area contributed by atoms with Crippen LogP contribution in [0.3, 0.4) is 0 Å². The van der Waals surface area contributed by atoms with Crippen LogP contribution in [0.25, 0.3) is 22.6 Å². The fraction of sp³-hybridized carbons (Fsp3) is 0.538. The molecule has 3 aromatic rings. The van der Waals surface area contributed by atoms with Gasteiger partial charge in [-0.05, 0) is 36.2 Å². The minimum Gasteiger partial charge on any atom is -0.343 e. The minimum atomic E-state index is -0.0630. The third-order valence-corrected chi connectivity index (χ3v) is 6.70. The SMILES string of the molecule is CC(C)CC(=O)N1CCC(Cn2c(=O)n(C)c3cnc(-c4ccccc4C(C)C)nc32)CC1. The van der Waals surface area contributed by atoms with E-state index in [1.54, 1.807) is 22.4 Å². The lowest BCUT2D eigenvalue weighted by Gasteiger charge is -2.32. The van der Waals surface area contributed by atoms with Crippen LogP contribution in [0, 0.1) is 11.8 Å². The van der Waals surface area contributed by atoms with Crippen molar-refractivity contribution in [2.75, 3.05) is 13.1 Å². The quantitative estimate of drug-likeness (QED) is 0.565. The van der Waals surface area contributed by atoms with E-state index in [1.165, 1.54) is 5.56 Å². The Balaban J connectivity index is 1.60. The van der Waals surface area contributed by atoms with Gasteiger partial charge in [-0.25, -0.2) is 14.8 Å². The first-order valence-electron chi connectivity index (χ1n) is 12.1. The molecule has 0 radical (unpaired) electrons. The molecule has 0 unspecified atom stereocenters. The van der Waals surface area contributed by atoms with Gasteiger partial charge in [0.2, 0.25) is 5.91 Å². The van der Waals surface area contributed by atoms with E-state index in [9.17, 15) is 9.59 Å². The molecule has 0 N–H and O–H groups in total. The predicted molar refractivity (Wildman–Crippen MR) is 131 cm³/mol. The summed E-state index contributed by atoms with van der Waals surface area (Å²) >= 11 is 0. The van der Waals surface area contributed by atoms with Crippen molar-refractivity contribution in [3.63, 3.8) is 0 Å². The van der Waals surface area contributed by atoms with Crippen LogP contribution in [-0.2, 0) is 18.4 Å². The van der Waals surface area contributed by atoms with Gasteiger partial charge in [-0.15, -0.1) is 0 Å². The molecule has 1 fully saturated rings. The zero-order valence-electron chi connectivity index (χ0n) is 20.4. The summed E-state index contributed by atoms with van der Waals surface area (Å²) < 4.78 is 3.43. The normalized spacial score (nSPS) is 15.2. The molecule has 33 heavy (non-hydrogen) atoms. The van der Waals surface area contributed by atoms with Gasteiger partial charge >= 0.3 is 5.69 Å². The molecule has 4 rings (SSSR count). The molecule has 0 spiro atoms. The summed E-state index contributed by atoms with van der Waals surface area (Å²) in [6, 6.07) is 8.20. The predicted octanol–water partition coefficient (Wildman–Crippen LogP) is 4.21. The first-order chi connectivity index (χ1) is 15.8. The molecule has 176 valence electrons. The molecule has 1 aliphatic heterocycles. The third-order valence-electron chi connectivity index (χ3n) is 6.70. The van der Waals surface area contributed by atoms with Crippen LogP contribution in [0.2, 0.25) is 0 Å². The first kappa shape index (κ1) is 23.2. The Hall–Kier alpha value is -2.96. The second-order valence-corrected chi connectivity index (χ2v) is 10.0. The van der Waals surface area contributed by atoms with E-state index in [4.69, 9.17) is 4.98 Å². The van der Waals surface area contributed by atoms with Crippen LogP contribution in [0.5, 0.6) is 0 Å². The van der Waals surface area contributed by atoms with Gasteiger partial charge in [0.15, 0.2) is 11.5 Å². The number of imidazole rings is 1. The van der Waals surface area contributed by atoms with Crippen molar-refractivity contribution in [1.29, 1.82) is 0 Å². The lowest BCUT2D eigenvalue weighted by molar-refractivity contribution is -0.133. The molecule has 0 aliphatic carbocycles. The summed E-state index contributed by atoms with van der Waals surface area (Å²) in [5.74, 6) is 1.96. The van der Waals surface area contributed by atoms with Crippen LogP contribution in [0.15, 0.2) is 35.3 Å². The molecular formula is C26H35N5O2. The Bertz CT molecular complexity index is 1200. The third kappa shape index (κ3) is 4.72. The Kier molecular flexibility index (Phi) is 6.68. The summed E-state index contributed by atoms with van der Waals surface area (Å²) in [4.78, 5) is 36.9. The summed E-state index contributed by atoms with van der Waals surface area (Å²) in [6.45, 7) is 10.6. The monoisotopic (exact) mass is 449 g/mol. The number of fused-ring (bicyclic) bond motifs is 1. The lowest BCUT2D eigenvalue weighted by Crippen LogP contribution is -2.40. The zero-order chi connectivity index (χ0) is 23.7. The average Bonchev–Trinajstić information content (AvgIpc) is 3.03. The van der Waals surface area contributed by atoms with E-state index in [-0.39, 0.29) is 11.6 Å². The highest BCUT2D eigenvalue weighted by atomic mass is 16.2. The molecule has 0 atom stereocenters. The topological polar surface area (TPSA) is 73.0 Å². The van der Waals surface area contributed by atoms with Crippen LogP contribution in [0.4, 0.5) is 0 Å². The number of carbonyl (C=O) groups is 1. The fourth-order valence-corrected chi connectivity index (χ4v) is 4.78. The number of aryl methyl sites for hydroxylation is 1. The van der Waals surface area contributed by atoms with Crippen molar-refractivity contribution >= 4 is 17.1 Å². The number of hydrogen-bond donors (Lipinski definition) is 0. The van der Waals surface area contributed by atoms with Crippen molar-refractivity contribution in [3.05, 3.63) is 46.5 Å². The van der Waals surface area contributed by atoms with Crippen LogP contribution >= 0.6 is 0 Å². The summed E-state index contributed by atoms with van der Waals surface area (Å²) in [7, 11) is 1.78. The molecule has 0 saturated carbocycles. The molecule has 3 heterocycles. The molecule has 1 saturated heterocycles. The van der Waals surface area contributed by atoms with Crippen molar-refractivity contribution < 1.29 is 4.79 Å². The highest BCUT2D eigenvalue weighted by molar-refractivity contribution is 5.76. The lowest BCUT2D eigenvalue weighted by atomic mass is 9.96. The van der Waals surface area contributed by atoms with Crippen molar-refractivity contribution in [3.8, 4) is 11.4 Å². The standard InChI is InChI=1S/C26H35N5O2/c1-17(2)14-23(32)30-12-10-19(11-13-30)16-31-25-22(29(5)26(31)33)15-27-24(28-25)21-9-7-6-8-20(21)18(3)4/h6-9,15,17-19H,10-14,16H2,1-5H3. The van der Waals surface area contributed by atoms with Gasteiger partial charge in [-0.3, -0.25) is 13.9 Å². The molecule has 7 nitrogen and oxygen atoms in total. The van der Waals surface area contributed by atoms with E-state index >= 15 is 0 Å². The van der Waals surface area contributed by atoms with Gasteiger partial charge in [0.05, 0.1) is 6.20 Å². The van der Waals surface area contributed by atoms with E-state index in [2.05, 4.69) is 38.7 Å². The Morgan fingerprint density at radius 2 is 1.82 bits per heavy atom. The smallest absolute Gasteiger partial charge is 0.330 e. The van der Waals surface area contributed by atoms with Gasteiger partial charge in [-0.1, -0.05) is 52.0 Å². The van der Waals surface area contributed by atoms with Gasteiger partial charge in [-0.2, -0.15) is 0 Å². The molecule has 7 heteroatoms. The molecule has 1 amide bonds. The van der Waals surface area contributed by atoms with E-state index < -0.39 is 0 Å². The molecule has 1 aromatic carbocycles. The second kappa shape index (κ2) is 9.49. The van der Waals surface area contributed by atoms with Gasteiger partial charge < -0.3 is 4.90 Å². The average molecular weight is 450 g/mol. The summed E-state index contributed by atoms with van der Waals surface area (Å²) in [6.07, 6.45) is 4.17. The summed E-state index contributed by atoms with van der Waals surface area (Å²) in [5, 5.41) is 0. The molecular weight excluding hydrogens is 414 g/mol. The second-order valence-electron chi connectivity index (χ2n) is 10.0. The molecule has 0 bridgehead atoms. The number of nitrogens with zero attached hydrogens (tertiary/aromatic N) is 5. The highest BCUT2D eigenvalue weighted by Gasteiger charge is 2.25. The van der Waals surface area contributed by atoms with Crippen LogP contribution in [0.1, 0.15) is 58.4 Å². The fourth-order valence-electron chi connectivity index (χ4n) is 4.78. The van der Waals surface area contributed by atoms with Gasteiger partial charge in [0.25, 0.3) is 0 Å². The van der Waals surface area contributed by atoms with Crippen LogP contribution < -0.4 is 5.69 Å². The zero-order valence-corrected chi connectivity index (χ0v) is 20.4. The number of amides is 1. The van der Waals surface area contributed by atoms with Gasteiger partial charge in [0, 0.05) is 38.7 Å². The molecule has 1 aliphatic rings.